The van der Waals surface area contributed by atoms with Crippen LogP contribution < -0.4 is 4.90 Å². The fourth-order valence-electron chi connectivity index (χ4n) is 1.48. The summed E-state index contributed by atoms with van der Waals surface area (Å²) in [4.78, 5) is 10.1. The number of rotatable bonds is 6. The molecule has 0 saturated heterocycles. The van der Waals surface area contributed by atoms with Crippen molar-refractivity contribution in [3.8, 4) is 5.88 Å². The summed E-state index contributed by atoms with van der Waals surface area (Å²) in [5.41, 5.74) is 0.788. The van der Waals surface area contributed by atoms with E-state index >= 15 is 0 Å². The quantitative estimate of drug-likeness (QED) is 0.355. The van der Waals surface area contributed by atoms with Gasteiger partial charge in [0.1, 0.15) is 0 Å². The molecule has 11 heteroatoms. The highest BCUT2D eigenvalue weighted by molar-refractivity contribution is 7.98. The second-order valence-corrected chi connectivity index (χ2v) is 6.34. The summed E-state index contributed by atoms with van der Waals surface area (Å²) in [6, 6.07) is 0. The van der Waals surface area contributed by atoms with Crippen molar-refractivity contribution in [2.24, 2.45) is 10.2 Å². The summed E-state index contributed by atoms with van der Waals surface area (Å²) in [6.07, 6.45) is 1.83. The highest BCUT2D eigenvalue weighted by Gasteiger charge is 2.11. The van der Waals surface area contributed by atoms with E-state index in [1.165, 1.54) is 23.1 Å². The van der Waals surface area contributed by atoms with Gasteiger partial charge in [-0.1, -0.05) is 23.1 Å². The van der Waals surface area contributed by atoms with E-state index in [0.717, 1.165) is 17.4 Å². The van der Waals surface area contributed by atoms with Crippen LogP contribution in [0.15, 0.2) is 15.4 Å². The predicted octanol–water partition coefficient (Wildman–Crippen LogP) is 2.85. The van der Waals surface area contributed by atoms with Crippen molar-refractivity contribution in [1.29, 1.82) is 0 Å². The van der Waals surface area contributed by atoms with E-state index in [4.69, 9.17) is 0 Å². The number of aromatic hydroxyl groups is 1. The molecular weight excluding hydrogens is 342 g/mol. The number of aryl methyl sites for hydroxylation is 1. The number of nitrogens with zero attached hydrogens (tertiary/aromatic N) is 7. The minimum Gasteiger partial charge on any atom is -0.492 e. The average molecular weight is 357 g/mol. The van der Waals surface area contributed by atoms with Gasteiger partial charge in [-0.15, -0.1) is 20.4 Å². The fourth-order valence-corrected chi connectivity index (χ4v) is 2.84. The topological polar surface area (TPSA) is 99.8 Å². The van der Waals surface area contributed by atoms with E-state index in [2.05, 4.69) is 43.0 Å². The van der Waals surface area contributed by atoms with Crippen molar-refractivity contribution >= 4 is 51.7 Å². The molecule has 0 aromatic carbocycles. The molecule has 22 heavy (non-hydrogen) atoms. The Morgan fingerprint density at radius 2 is 2.09 bits per heavy atom. The SMILES string of the molecule is CSc1nc(C)c(/N=N/c2nnc(N(C)CCS)s2)c(O)n1. The molecule has 0 spiro atoms. The summed E-state index contributed by atoms with van der Waals surface area (Å²) in [5, 5.41) is 27.4. The van der Waals surface area contributed by atoms with Gasteiger partial charge in [0.2, 0.25) is 11.0 Å². The van der Waals surface area contributed by atoms with Crippen LogP contribution >= 0.6 is 35.7 Å². The van der Waals surface area contributed by atoms with Crippen LogP contribution in [0.25, 0.3) is 0 Å². The van der Waals surface area contributed by atoms with Gasteiger partial charge < -0.3 is 10.0 Å². The van der Waals surface area contributed by atoms with Gasteiger partial charge >= 0.3 is 0 Å². The maximum Gasteiger partial charge on any atom is 0.253 e. The summed E-state index contributed by atoms with van der Waals surface area (Å²) < 4.78 is 0. The molecule has 0 bridgehead atoms. The van der Waals surface area contributed by atoms with Crippen LogP contribution in [0.2, 0.25) is 0 Å². The molecular formula is C11H15N7OS3. The molecule has 0 amide bonds. The molecule has 0 aliphatic heterocycles. The number of hydrogen-bond acceptors (Lipinski definition) is 11. The molecule has 0 fully saturated rings. The monoisotopic (exact) mass is 357 g/mol. The zero-order valence-corrected chi connectivity index (χ0v) is 14.8. The predicted molar refractivity (Wildman–Crippen MR) is 91.4 cm³/mol. The van der Waals surface area contributed by atoms with Crippen LogP contribution in [0.3, 0.4) is 0 Å². The Bertz CT molecular complexity index is 652. The normalized spacial score (nSPS) is 11.3. The number of hydrogen-bond donors (Lipinski definition) is 2. The van der Waals surface area contributed by atoms with E-state index in [1.54, 1.807) is 6.92 Å². The second kappa shape index (κ2) is 7.70. The van der Waals surface area contributed by atoms with Crippen molar-refractivity contribution in [3.63, 3.8) is 0 Å². The van der Waals surface area contributed by atoms with Crippen LogP contribution in [0.1, 0.15) is 5.69 Å². The Labute approximate surface area is 141 Å². The van der Waals surface area contributed by atoms with Crippen LogP contribution in [0.5, 0.6) is 5.88 Å². The van der Waals surface area contributed by atoms with E-state index in [9.17, 15) is 5.11 Å². The minimum absolute atomic E-state index is 0.197. The van der Waals surface area contributed by atoms with Crippen LogP contribution in [-0.2, 0) is 0 Å². The van der Waals surface area contributed by atoms with Gasteiger partial charge in [-0.05, 0) is 13.2 Å². The third-order valence-corrected chi connectivity index (χ3v) is 4.27. The first-order valence-corrected chi connectivity index (χ1v) is 8.91. The molecule has 1 N–H and O–H groups in total. The summed E-state index contributed by atoms with van der Waals surface area (Å²) in [6.45, 7) is 2.50. The lowest BCUT2D eigenvalue weighted by molar-refractivity contribution is 0.446. The number of aromatic nitrogens is 4. The molecule has 0 aliphatic rings. The van der Waals surface area contributed by atoms with Gasteiger partial charge in [-0.25, -0.2) is 4.98 Å². The van der Waals surface area contributed by atoms with Crippen molar-refractivity contribution < 1.29 is 5.11 Å². The first-order valence-electron chi connectivity index (χ1n) is 6.24. The van der Waals surface area contributed by atoms with E-state index in [-0.39, 0.29) is 11.6 Å². The molecule has 2 heterocycles. The van der Waals surface area contributed by atoms with Crippen molar-refractivity contribution in [3.05, 3.63) is 5.69 Å². The van der Waals surface area contributed by atoms with Gasteiger partial charge in [0, 0.05) is 19.3 Å². The van der Waals surface area contributed by atoms with Crippen LogP contribution in [-0.4, -0.2) is 50.9 Å². The molecule has 8 nitrogen and oxygen atoms in total. The maximum atomic E-state index is 9.88. The summed E-state index contributed by atoms with van der Waals surface area (Å²) in [5.74, 6) is 0.525. The number of thiol groups is 1. The van der Waals surface area contributed by atoms with E-state index in [0.29, 0.717) is 16.0 Å². The van der Waals surface area contributed by atoms with Gasteiger partial charge in [0.25, 0.3) is 5.13 Å². The highest BCUT2D eigenvalue weighted by Crippen LogP contribution is 2.32. The van der Waals surface area contributed by atoms with Crippen LogP contribution in [0.4, 0.5) is 16.0 Å². The molecule has 0 radical (unpaired) electrons. The maximum absolute atomic E-state index is 9.88. The van der Waals surface area contributed by atoms with Gasteiger partial charge in [0.15, 0.2) is 10.8 Å². The molecule has 2 rings (SSSR count). The van der Waals surface area contributed by atoms with E-state index < -0.39 is 0 Å². The molecule has 0 atom stereocenters. The zero-order chi connectivity index (χ0) is 16.1. The number of thioether (sulfide) groups is 1. The highest BCUT2D eigenvalue weighted by atomic mass is 32.2. The minimum atomic E-state index is -0.197. The molecule has 2 aromatic rings. The standard InChI is InChI=1S/C11H15N7OS3/c1-6-7(8(19)13-9(12-6)21-3)14-15-10-16-17-11(22-10)18(2)4-5-20/h20H,4-5H2,1-3H3,(H,12,13,19)/b15-14+. The Hall–Kier alpha value is -1.46. The largest absolute Gasteiger partial charge is 0.492 e. The Balaban J connectivity index is 2.19. The van der Waals surface area contributed by atoms with Crippen molar-refractivity contribution in [1.82, 2.24) is 20.2 Å². The fraction of sp³-hybridized carbons (Fsp3) is 0.455. The number of anilines is 1. The molecule has 0 aliphatic carbocycles. The molecule has 118 valence electrons. The van der Waals surface area contributed by atoms with Gasteiger partial charge in [-0.2, -0.15) is 17.6 Å². The Kier molecular flexibility index (Phi) is 5.91. The zero-order valence-electron chi connectivity index (χ0n) is 12.3. The third kappa shape index (κ3) is 4.05. The van der Waals surface area contributed by atoms with E-state index in [1.807, 2.05) is 18.2 Å². The molecule has 2 aromatic heterocycles. The first-order chi connectivity index (χ1) is 10.5. The van der Waals surface area contributed by atoms with Gasteiger partial charge in [0.05, 0.1) is 5.69 Å². The Morgan fingerprint density at radius 1 is 1.32 bits per heavy atom. The van der Waals surface area contributed by atoms with Crippen molar-refractivity contribution in [2.75, 3.05) is 30.5 Å². The van der Waals surface area contributed by atoms with Crippen LogP contribution in [0, 0.1) is 6.92 Å². The number of azo groups is 1. The lowest BCUT2D eigenvalue weighted by Crippen LogP contribution is -2.19. The lowest BCUT2D eigenvalue weighted by atomic mass is 10.4. The van der Waals surface area contributed by atoms with Crippen molar-refractivity contribution in [2.45, 2.75) is 12.1 Å². The second-order valence-electron chi connectivity index (χ2n) is 4.18. The molecule has 0 saturated carbocycles. The Morgan fingerprint density at radius 3 is 2.73 bits per heavy atom. The lowest BCUT2D eigenvalue weighted by Gasteiger charge is -2.11. The summed E-state index contributed by atoms with van der Waals surface area (Å²) >= 11 is 6.82. The first kappa shape index (κ1) is 16.9. The van der Waals surface area contributed by atoms with Gasteiger partial charge in [-0.3, -0.25) is 0 Å². The smallest absolute Gasteiger partial charge is 0.253 e. The third-order valence-electron chi connectivity index (χ3n) is 2.60. The average Bonchev–Trinajstić information content (AvgIpc) is 2.95. The summed E-state index contributed by atoms with van der Waals surface area (Å²) in [7, 11) is 1.91. The molecule has 0 unspecified atom stereocenters.